The number of ether oxygens (including phenoxy) is 2. The smallest absolute Gasteiger partial charge is 0.748 e. The van der Waals surface area contributed by atoms with Crippen LogP contribution in [0.1, 0.15) is 126 Å². The van der Waals surface area contributed by atoms with Crippen molar-refractivity contribution in [1.82, 2.24) is 19.9 Å². The first-order valence-electron chi connectivity index (χ1n) is 17.1. The van der Waals surface area contributed by atoms with Gasteiger partial charge in [-0.05, 0) is 39.2 Å². The van der Waals surface area contributed by atoms with Crippen molar-refractivity contribution in [3.63, 3.8) is 0 Å². The fourth-order valence-electron chi connectivity index (χ4n) is 7.28. The Morgan fingerprint density at radius 2 is 1.52 bits per heavy atom. The fraction of sp³-hybridized carbons (Fsp3) is 0.459. The van der Waals surface area contributed by atoms with E-state index < -0.39 is 46.2 Å². The molecule has 3 aromatic rings. The number of methoxy groups -OCH3 is 1. The molecule has 5 heterocycles. The number of aliphatic carboxylic acids is 1. The molecule has 0 aliphatic carbocycles. The van der Waals surface area contributed by atoms with Gasteiger partial charge in [0.15, 0.2) is 5.78 Å². The van der Waals surface area contributed by atoms with Crippen molar-refractivity contribution in [3.05, 3.63) is 68.8 Å². The number of hydrogen-bond acceptors (Lipinski definition) is 11. The minimum absolute atomic E-state index is 0. The first-order valence-corrected chi connectivity index (χ1v) is 18.6. The molecule has 2 unspecified atom stereocenters. The zero-order valence-corrected chi connectivity index (χ0v) is 37.0. The molecular weight excluding hydrogens is 836 g/mol. The Balaban J connectivity index is 0.00000392. The molecular formula is C37H42KN5O9PdS. The van der Waals surface area contributed by atoms with Crippen LogP contribution in [0, 0.1) is 19.3 Å². The third kappa shape index (κ3) is 9.67. The first kappa shape index (κ1) is 45.8. The van der Waals surface area contributed by atoms with E-state index in [-0.39, 0.29) is 131 Å². The van der Waals surface area contributed by atoms with Crippen molar-refractivity contribution >= 4 is 55.8 Å². The topological polar surface area (TPSA) is 225 Å². The van der Waals surface area contributed by atoms with Crippen molar-refractivity contribution in [2.24, 2.45) is 0 Å². The van der Waals surface area contributed by atoms with Gasteiger partial charge in [-0.1, -0.05) is 50.1 Å². The maximum absolute atomic E-state index is 13.1. The molecule has 2 aliphatic rings. The summed E-state index contributed by atoms with van der Waals surface area (Å²) in [6.45, 7) is 10.4. The standard InChI is InChI=1S/C37H45N5O9S.K.Pd/c1-8-22-17(2)25-16-30-33(21(6)43)19(4)27(40-30)14-26-18(3)23(9-10-31(44)45)35(41-26)24(13-32(46)50-7)36-34(37(38)51-11-12-52(47,48)49)20(5)28(42-36)15-29(22)39-25;;/h14-18,22-23H,8-13H2,1-7H3,(H5,38,39,40,41,42,43,44,45,47,48,49);;/q;+1;+2/p-3/t17?,18?,22-,23+;;/m1../s1. The van der Waals surface area contributed by atoms with Crippen LogP contribution in [-0.4, -0.2) is 71.1 Å². The average molecular weight is 878 g/mol. The summed E-state index contributed by atoms with van der Waals surface area (Å²) in [5.41, 5.74) is 5.94. The van der Waals surface area contributed by atoms with Crippen LogP contribution in [0.2, 0.25) is 0 Å². The predicted molar refractivity (Wildman–Crippen MR) is 191 cm³/mol. The van der Waals surface area contributed by atoms with E-state index in [1.54, 1.807) is 19.1 Å². The van der Waals surface area contributed by atoms with Crippen LogP contribution in [0.4, 0.5) is 0 Å². The van der Waals surface area contributed by atoms with E-state index >= 15 is 0 Å². The van der Waals surface area contributed by atoms with Crippen LogP contribution in [0.3, 0.4) is 0 Å². The second kappa shape index (κ2) is 18.6. The van der Waals surface area contributed by atoms with Gasteiger partial charge in [0.05, 0.1) is 29.4 Å². The van der Waals surface area contributed by atoms with E-state index in [1.807, 2.05) is 26.8 Å². The number of aryl methyl sites for hydroxylation is 2. The first-order chi connectivity index (χ1) is 24.4. The number of nitrogens with one attached hydrogen (secondary N) is 1. The van der Waals surface area contributed by atoms with Gasteiger partial charge in [-0.25, -0.2) is 8.42 Å². The molecule has 17 heteroatoms. The number of hydrogen-bond donors (Lipinski definition) is 2. The van der Waals surface area contributed by atoms with Crippen LogP contribution in [0.15, 0.2) is 18.2 Å². The molecule has 0 radical (unpaired) electrons. The number of ketones is 1. The Morgan fingerprint density at radius 3 is 2.11 bits per heavy atom. The van der Waals surface area contributed by atoms with Gasteiger partial charge in [0.1, 0.15) is 6.61 Å². The van der Waals surface area contributed by atoms with Crippen LogP contribution < -0.4 is 61.4 Å². The van der Waals surface area contributed by atoms with Crippen LogP contribution in [0.5, 0.6) is 0 Å². The number of carbonyl (C=O) groups is 3. The van der Waals surface area contributed by atoms with Gasteiger partial charge in [-0.2, -0.15) is 0 Å². The Morgan fingerprint density at radius 1 is 0.944 bits per heavy atom. The van der Waals surface area contributed by atoms with Gasteiger partial charge >= 0.3 is 83.7 Å². The molecule has 0 spiro atoms. The van der Waals surface area contributed by atoms with Crippen molar-refractivity contribution in [2.45, 2.75) is 90.9 Å². The zero-order valence-electron chi connectivity index (χ0n) is 31.5. The van der Waals surface area contributed by atoms with Gasteiger partial charge in [-0.3, -0.25) is 29.8 Å². The Bertz CT molecular complexity index is 2250. The van der Waals surface area contributed by atoms with Gasteiger partial charge in [0.2, 0.25) is 5.90 Å². The molecule has 4 atom stereocenters. The monoisotopic (exact) mass is 877 g/mol. The van der Waals surface area contributed by atoms with Crippen LogP contribution in [0.25, 0.3) is 22.1 Å². The molecule has 286 valence electrons. The van der Waals surface area contributed by atoms with Gasteiger partial charge in [0, 0.05) is 64.0 Å². The molecule has 54 heavy (non-hydrogen) atoms. The van der Waals surface area contributed by atoms with E-state index in [0.717, 1.165) is 12.1 Å². The summed E-state index contributed by atoms with van der Waals surface area (Å²) in [7, 11) is -3.41. The predicted octanol–water partition coefficient (Wildman–Crippen LogP) is 2.05. The summed E-state index contributed by atoms with van der Waals surface area (Å²) in [4.78, 5) is 57.8. The van der Waals surface area contributed by atoms with E-state index in [4.69, 9.17) is 34.8 Å². The molecule has 14 nitrogen and oxygen atoms in total. The van der Waals surface area contributed by atoms with Crippen molar-refractivity contribution < 1.29 is 114 Å². The second-order valence-electron chi connectivity index (χ2n) is 13.4. The Hall–Kier alpha value is -2.59. The number of fused-ring (bicyclic) bond motifs is 8. The van der Waals surface area contributed by atoms with E-state index in [0.29, 0.717) is 50.3 Å². The summed E-state index contributed by atoms with van der Waals surface area (Å²) in [6, 6.07) is 5.42. The summed E-state index contributed by atoms with van der Waals surface area (Å²) >= 11 is 0. The average Bonchev–Trinajstić information content (AvgIpc) is 3.74. The molecule has 0 amide bonds. The number of carbonyl (C=O) groups excluding carboxylic acids is 2. The number of carboxylic acid groups (broad SMARTS) is 1. The van der Waals surface area contributed by atoms with Crippen molar-refractivity contribution in [3.8, 4) is 0 Å². The van der Waals surface area contributed by atoms with Gasteiger partial charge in [0.25, 0.3) is 0 Å². The second-order valence-corrected chi connectivity index (χ2v) is 14.9. The summed E-state index contributed by atoms with van der Waals surface area (Å²) in [5.74, 6) is -4.13. The van der Waals surface area contributed by atoms with E-state index in [2.05, 4.69) is 6.92 Å². The number of rotatable bonds is 11. The number of aromatic nitrogens is 4. The van der Waals surface area contributed by atoms with Gasteiger partial charge < -0.3 is 29.1 Å². The number of carboxylic acids is 1. The number of esters is 1. The van der Waals surface area contributed by atoms with E-state index in [1.165, 1.54) is 14.0 Å². The maximum atomic E-state index is 13.1. The normalized spacial score (nSPS) is 17.9. The summed E-state index contributed by atoms with van der Waals surface area (Å²) in [6.07, 6.45) is 0.320. The number of Topliss-reactive ketones (excluding diaryl/α,β-unsaturated/α-hetero) is 1. The molecule has 0 fully saturated rings. The quantitative estimate of drug-likeness (QED) is 0.0704. The molecule has 0 saturated carbocycles. The van der Waals surface area contributed by atoms with Crippen LogP contribution in [-0.2, 0) is 56.0 Å². The number of nitrogens with zero attached hydrogens (tertiary/aromatic N) is 4. The largest absolute Gasteiger partial charge is 2.00 e. The summed E-state index contributed by atoms with van der Waals surface area (Å²) < 4.78 is 44.6. The van der Waals surface area contributed by atoms with Gasteiger partial charge in [-0.15, -0.1) is 22.1 Å². The van der Waals surface area contributed by atoms with Crippen molar-refractivity contribution in [2.75, 3.05) is 19.5 Å². The molecule has 2 aliphatic heterocycles. The van der Waals surface area contributed by atoms with E-state index in [9.17, 15) is 32.5 Å². The molecule has 5 rings (SSSR count). The Labute approximate surface area is 370 Å². The molecule has 3 aromatic heterocycles. The molecule has 2 N–H and O–H groups in total. The fourth-order valence-corrected chi connectivity index (χ4v) is 7.57. The minimum Gasteiger partial charge on any atom is -0.748 e. The minimum atomic E-state index is -4.64. The zero-order chi connectivity index (χ0) is 38.2. The van der Waals surface area contributed by atoms with Crippen molar-refractivity contribution in [1.29, 1.82) is 5.41 Å². The molecule has 0 aromatic carbocycles. The SMILES string of the molecule is CC[C@H]1c2cc3[n-]c(c(CC(=O)OC)c4nc(cc5[n-]c(cc(n2)C1C)c(C(C)=O)c5C)C(C)[C@@H]4CCC(=O)O)c(C(=N)OCCS(=O)(=O)[O-])c3C.[K+].[Pd+2]. The molecule has 8 bridgehead atoms. The van der Waals surface area contributed by atoms with Crippen LogP contribution >= 0.6 is 0 Å². The third-order valence-electron chi connectivity index (χ3n) is 10.1. The maximum Gasteiger partial charge on any atom is 2.00 e. The third-order valence-corrected chi connectivity index (χ3v) is 10.8. The summed E-state index contributed by atoms with van der Waals surface area (Å²) in [5, 5.41) is 18.6. The Kier molecular flexibility index (Phi) is 15.7. The molecule has 0 saturated heterocycles.